The standard InChI is InChI=1S/C13H19N5O/c1-2-14-11-8-18-6-5-15-13(18)12(17-11)16-7-10(19)9-3-4-9/h5-6,8-10,14,19H,2-4,7H2,1H3,(H,16,17). The van der Waals surface area contributed by atoms with Crippen LogP contribution in [-0.4, -0.2) is 38.7 Å². The number of hydrogen-bond acceptors (Lipinski definition) is 5. The Labute approximate surface area is 111 Å². The molecule has 1 saturated carbocycles. The summed E-state index contributed by atoms with van der Waals surface area (Å²) in [5, 5.41) is 16.3. The van der Waals surface area contributed by atoms with Gasteiger partial charge in [0.25, 0.3) is 0 Å². The molecule has 19 heavy (non-hydrogen) atoms. The summed E-state index contributed by atoms with van der Waals surface area (Å²) >= 11 is 0. The van der Waals surface area contributed by atoms with Gasteiger partial charge >= 0.3 is 0 Å². The molecule has 0 bridgehead atoms. The fourth-order valence-corrected chi connectivity index (χ4v) is 2.17. The summed E-state index contributed by atoms with van der Waals surface area (Å²) in [7, 11) is 0. The number of imidazole rings is 1. The highest BCUT2D eigenvalue weighted by molar-refractivity contribution is 5.65. The number of aliphatic hydroxyl groups is 1. The van der Waals surface area contributed by atoms with Gasteiger partial charge in [0, 0.05) is 25.5 Å². The number of nitrogens with one attached hydrogen (secondary N) is 2. The molecule has 1 aliphatic carbocycles. The first-order valence-corrected chi connectivity index (χ1v) is 6.77. The average Bonchev–Trinajstić information content (AvgIpc) is 3.15. The maximum atomic E-state index is 9.91. The van der Waals surface area contributed by atoms with E-state index in [4.69, 9.17) is 0 Å². The van der Waals surface area contributed by atoms with Crippen LogP contribution < -0.4 is 10.6 Å². The van der Waals surface area contributed by atoms with Crippen LogP contribution >= 0.6 is 0 Å². The zero-order valence-corrected chi connectivity index (χ0v) is 11.0. The van der Waals surface area contributed by atoms with Crippen molar-refractivity contribution in [3.63, 3.8) is 0 Å². The zero-order valence-electron chi connectivity index (χ0n) is 11.0. The van der Waals surface area contributed by atoms with Gasteiger partial charge < -0.3 is 20.1 Å². The van der Waals surface area contributed by atoms with E-state index in [0.29, 0.717) is 18.3 Å². The van der Waals surface area contributed by atoms with Crippen LogP contribution in [0.2, 0.25) is 0 Å². The highest BCUT2D eigenvalue weighted by atomic mass is 16.3. The van der Waals surface area contributed by atoms with Crippen LogP contribution in [0.15, 0.2) is 18.6 Å². The Morgan fingerprint density at radius 3 is 3.05 bits per heavy atom. The van der Waals surface area contributed by atoms with Crippen molar-refractivity contribution in [2.45, 2.75) is 25.9 Å². The molecular weight excluding hydrogens is 242 g/mol. The molecule has 2 heterocycles. The third-order valence-electron chi connectivity index (χ3n) is 3.38. The number of nitrogens with zero attached hydrogens (tertiary/aromatic N) is 3. The molecule has 0 aromatic carbocycles. The Kier molecular flexibility index (Phi) is 3.25. The SMILES string of the molecule is CCNc1cn2ccnc2c(NCC(O)C2CC2)n1. The summed E-state index contributed by atoms with van der Waals surface area (Å²) in [6.07, 6.45) is 7.52. The number of hydrogen-bond donors (Lipinski definition) is 3. The Hall–Kier alpha value is -1.82. The fraction of sp³-hybridized carbons (Fsp3) is 0.538. The molecule has 1 aliphatic rings. The topological polar surface area (TPSA) is 74.5 Å². The summed E-state index contributed by atoms with van der Waals surface area (Å²) < 4.78 is 1.93. The minimum absolute atomic E-state index is 0.292. The van der Waals surface area contributed by atoms with E-state index in [0.717, 1.165) is 30.9 Å². The van der Waals surface area contributed by atoms with Gasteiger partial charge in [-0.25, -0.2) is 9.97 Å². The molecule has 1 unspecified atom stereocenters. The maximum Gasteiger partial charge on any atom is 0.180 e. The lowest BCUT2D eigenvalue weighted by molar-refractivity contribution is 0.164. The van der Waals surface area contributed by atoms with Crippen LogP contribution in [0, 0.1) is 5.92 Å². The van der Waals surface area contributed by atoms with Crippen LogP contribution in [0.5, 0.6) is 0 Å². The molecule has 3 rings (SSSR count). The molecule has 3 N–H and O–H groups in total. The molecule has 0 saturated heterocycles. The molecule has 0 aliphatic heterocycles. The van der Waals surface area contributed by atoms with Gasteiger partial charge in [-0.05, 0) is 25.7 Å². The lowest BCUT2D eigenvalue weighted by Crippen LogP contribution is -2.22. The molecule has 1 atom stereocenters. The van der Waals surface area contributed by atoms with E-state index in [1.54, 1.807) is 6.20 Å². The van der Waals surface area contributed by atoms with Gasteiger partial charge in [0.2, 0.25) is 0 Å². The quantitative estimate of drug-likeness (QED) is 0.732. The van der Waals surface area contributed by atoms with Gasteiger partial charge in [-0.2, -0.15) is 0 Å². The van der Waals surface area contributed by atoms with Crippen molar-refractivity contribution in [3.8, 4) is 0 Å². The van der Waals surface area contributed by atoms with E-state index in [9.17, 15) is 5.11 Å². The van der Waals surface area contributed by atoms with E-state index in [-0.39, 0.29) is 6.10 Å². The third kappa shape index (κ3) is 2.63. The first-order chi connectivity index (χ1) is 9.28. The first kappa shape index (κ1) is 12.2. The van der Waals surface area contributed by atoms with E-state index in [2.05, 4.69) is 20.6 Å². The van der Waals surface area contributed by atoms with Gasteiger partial charge in [-0.15, -0.1) is 0 Å². The van der Waals surface area contributed by atoms with Crippen LogP contribution in [0.3, 0.4) is 0 Å². The molecule has 2 aromatic heterocycles. The smallest absolute Gasteiger partial charge is 0.180 e. The number of fused-ring (bicyclic) bond motifs is 1. The second-order valence-electron chi connectivity index (χ2n) is 4.95. The number of aliphatic hydroxyl groups excluding tert-OH is 1. The Morgan fingerprint density at radius 1 is 1.47 bits per heavy atom. The van der Waals surface area contributed by atoms with Crippen LogP contribution in [0.25, 0.3) is 5.65 Å². The highest BCUT2D eigenvalue weighted by Gasteiger charge is 2.29. The van der Waals surface area contributed by atoms with E-state index in [1.165, 1.54) is 0 Å². The lowest BCUT2D eigenvalue weighted by atomic mass is 10.2. The van der Waals surface area contributed by atoms with Crippen LogP contribution in [0.4, 0.5) is 11.6 Å². The second kappa shape index (κ2) is 5.05. The fourth-order valence-electron chi connectivity index (χ4n) is 2.17. The largest absolute Gasteiger partial charge is 0.391 e. The lowest BCUT2D eigenvalue weighted by Gasteiger charge is -2.13. The van der Waals surface area contributed by atoms with Crippen molar-refractivity contribution in [1.29, 1.82) is 0 Å². The Bertz CT molecular complexity index is 563. The van der Waals surface area contributed by atoms with Crippen molar-refractivity contribution >= 4 is 17.3 Å². The third-order valence-corrected chi connectivity index (χ3v) is 3.38. The Balaban J connectivity index is 1.80. The molecule has 1 fully saturated rings. The molecule has 6 nitrogen and oxygen atoms in total. The predicted octanol–water partition coefficient (Wildman–Crippen LogP) is 1.34. The van der Waals surface area contributed by atoms with E-state index >= 15 is 0 Å². The Morgan fingerprint density at radius 2 is 2.32 bits per heavy atom. The summed E-state index contributed by atoms with van der Waals surface area (Å²) in [5.74, 6) is 1.97. The number of rotatable bonds is 6. The average molecular weight is 261 g/mol. The van der Waals surface area contributed by atoms with E-state index in [1.807, 2.05) is 23.7 Å². The van der Waals surface area contributed by atoms with E-state index < -0.39 is 0 Å². The van der Waals surface area contributed by atoms with Crippen molar-refractivity contribution in [3.05, 3.63) is 18.6 Å². The predicted molar refractivity (Wildman–Crippen MR) is 74.4 cm³/mol. The van der Waals surface area contributed by atoms with Crippen LogP contribution in [-0.2, 0) is 0 Å². The second-order valence-corrected chi connectivity index (χ2v) is 4.95. The van der Waals surface area contributed by atoms with Crippen molar-refractivity contribution in [1.82, 2.24) is 14.4 Å². The summed E-state index contributed by atoms with van der Waals surface area (Å²) in [6, 6.07) is 0. The van der Waals surface area contributed by atoms with Gasteiger partial charge in [-0.1, -0.05) is 0 Å². The molecule has 0 spiro atoms. The van der Waals surface area contributed by atoms with Crippen LogP contribution in [0.1, 0.15) is 19.8 Å². The summed E-state index contributed by atoms with van der Waals surface area (Å²) in [5.41, 5.74) is 0.782. The number of anilines is 2. The highest BCUT2D eigenvalue weighted by Crippen LogP contribution is 2.32. The van der Waals surface area contributed by atoms with Crippen molar-refractivity contribution in [2.24, 2.45) is 5.92 Å². The van der Waals surface area contributed by atoms with Gasteiger partial charge in [-0.3, -0.25) is 0 Å². The molecular formula is C13H19N5O. The zero-order chi connectivity index (χ0) is 13.2. The van der Waals surface area contributed by atoms with Gasteiger partial charge in [0.1, 0.15) is 5.82 Å². The van der Waals surface area contributed by atoms with Gasteiger partial charge in [0.15, 0.2) is 11.5 Å². The van der Waals surface area contributed by atoms with Crippen molar-refractivity contribution in [2.75, 3.05) is 23.7 Å². The van der Waals surface area contributed by atoms with Gasteiger partial charge in [0.05, 0.1) is 12.3 Å². The summed E-state index contributed by atoms with van der Waals surface area (Å²) in [4.78, 5) is 8.78. The first-order valence-electron chi connectivity index (χ1n) is 6.77. The number of aromatic nitrogens is 3. The monoisotopic (exact) mass is 261 g/mol. The molecule has 2 aromatic rings. The molecule has 0 amide bonds. The molecule has 0 radical (unpaired) electrons. The maximum absolute atomic E-state index is 9.91. The minimum Gasteiger partial charge on any atom is -0.391 e. The van der Waals surface area contributed by atoms with Crippen molar-refractivity contribution < 1.29 is 5.11 Å². The normalized spacial score (nSPS) is 16.5. The summed E-state index contributed by atoms with van der Waals surface area (Å²) in [6.45, 7) is 3.37. The molecule has 6 heteroatoms. The minimum atomic E-state index is -0.292. The molecule has 102 valence electrons.